The quantitative estimate of drug-likeness (QED) is 0.280. The molecule has 0 aromatic heterocycles. The van der Waals surface area contributed by atoms with E-state index in [1.54, 1.807) is 0 Å². The number of amides is 1. The van der Waals surface area contributed by atoms with Crippen LogP contribution in [0.4, 0.5) is 18.9 Å². The highest BCUT2D eigenvalue weighted by Gasteiger charge is 2.29. The van der Waals surface area contributed by atoms with E-state index in [9.17, 15) is 33.3 Å². The maximum absolute atomic E-state index is 12.5. The zero-order valence-electron chi connectivity index (χ0n) is 17.1. The molecule has 2 aromatic carbocycles. The topological polar surface area (TPSA) is 102 Å². The highest BCUT2D eigenvalue weighted by atomic mass is 19.4. The molecule has 0 radical (unpaired) electrons. The summed E-state index contributed by atoms with van der Waals surface area (Å²) in [5.74, 6) is -0.804. The second-order valence-corrected chi connectivity index (χ2v) is 7.44. The zero-order chi connectivity index (χ0) is 23.0. The summed E-state index contributed by atoms with van der Waals surface area (Å²) in [6.45, 7) is 2.21. The molecule has 2 atom stereocenters. The van der Waals surface area contributed by atoms with Crippen LogP contribution in [0.5, 0.6) is 11.5 Å². The van der Waals surface area contributed by atoms with E-state index in [1.807, 2.05) is 6.92 Å². The van der Waals surface area contributed by atoms with Crippen molar-refractivity contribution in [1.29, 1.82) is 0 Å². The monoisotopic (exact) mass is 440 g/mol. The lowest BCUT2D eigenvalue weighted by atomic mass is 10.1. The Bertz CT molecular complexity index is 857. The van der Waals surface area contributed by atoms with Crippen LogP contribution in [0.1, 0.15) is 49.8 Å². The van der Waals surface area contributed by atoms with E-state index in [4.69, 9.17) is 0 Å². The summed E-state index contributed by atoms with van der Waals surface area (Å²) in [5.41, 5.74) is 0.0385. The maximum atomic E-state index is 12.5. The van der Waals surface area contributed by atoms with Gasteiger partial charge >= 0.3 is 6.18 Å². The van der Waals surface area contributed by atoms with E-state index < -0.39 is 17.8 Å². The predicted molar refractivity (Wildman–Crippen MR) is 111 cm³/mol. The van der Waals surface area contributed by atoms with Crippen LogP contribution in [0, 0.1) is 0 Å². The van der Waals surface area contributed by atoms with Gasteiger partial charge in [0, 0.05) is 24.7 Å². The molecular formula is C22H27F3N2O4. The first-order valence-corrected chi connectivity index (χ1v) is 9.96. The third-order valence-electron chi connectivity index (χ3n) is 4.83. The van der Waals surface area contributed by atoms with Gasteiger partial charge in [0.1, 0.15) is 0 Å². The Kier molecular flexibility index (Phi) is 8.70. The van der Waals surface area contributed by atoms with Crippen LogP contribution >= 0.6 is 0 Å². The highest BCUT2D eigenvalue weighted by Crippen LogP contribution is 2.30. The molecule has 0 fully saturated rings. The fourth-order valence-corrected chi connectivity index (χ4v) is 2.98. The first-order chi connectivity index (χ1) is 14.6. The summed E-state index contributed by atoms with van der Waals surface area (Å²) >= 11 is 0. The van der Waals surface area contributed by atoms with Crippen LogP contribution in [-0.4, -0.2) is 33.8 Å². The van der Waals surface area contributed by atoms with Crippen LogP contribution in [0.15, 0.2) is 42.5 Å². The van der Waals surface area contributed by atoms with Crippen molar-refractivity contribution >= 4 is 11.6 Å². The van der Waals surface area contributed by atoms with Gasteiger partial charge in [-0.1, -0.05) is 12.5 Å². The molecule has 2 aromatic rings. The van der Waals surface area contributed by atoms with E-state index in [0.717, 1.165) is 25.0 Å². The number of aliphatic hydroxyl groups excluding tert-OH is 1. The van der Waals surface area contributed by atoms with Crippen molar-refractivity contribution in [2.24, 2.45) is 0 Å². The molecule has 0 saturated heterocycles. The van der Waals surface area contributed by atoms with Gasteiger partial charge in [0.25, 0.3) is 0 Å². The Morgan fingerprint density at radius 2 is 1.71 bits per heavy atom. The molecule has 2 rings (SSSR count). The molecule has 0 aliphatic carbocycles. The molecule has 0 spiro atoms. The average Bonchev–Trinajstić information content (AvgIpc) is 2.71. The fourth-order valence-electron chi connectivity index (χ4n) is 2.98. The fraction of sp³-hybridized carbons (Fsp3) is 0.409. The van der Waals surface area contributed by atoms with E-state index in [0.29, 0.717) is 17.7 Å². The van der Waals surface area contributed by atoms with Gasteiger partial charge in [-0.3, -0.25) is 4.79 Å². The van der Waals surface area contributed by atoms with Crippen molar-refractivity contribution < 1.29 is 33.3 Å². The molecule has 5 N–H and O–H groups in total. The maximum Gasteiger partial charge on any atom is 0.416 e. The normalized spacial score (nSPS) is 13.6. The lowest BCUT2D eigenvalue weighted by Gasteiger charge is -2.17. The number of nitrogens with one attached hydrogen (secondary N) is 2. The largest absolute Gasteiger partial charge is 0.504 e. The van der Waals surface area contributed by atoms with Gasteiger partial charge in [0.2, 0.25) is 5.91 Å². The molecular weight excluding hydrogens is 413 g/mol. The van der Waals surface area contributed by atoms with Gasteiger partial charge in [0.05, 0.1) is 11.7 Å². The van der Waals surface area contributed by atoms with Gasteiger partial charge in [-0.05, 0) is 61.7 Å². The Balaban J connectivity index is 1.64. The number of hydrogen-bond acceptors (Lipinski definition) is 5. The smallest absolute Gasteiger partial charge is 0.416 e. The Labute approximate surface area is 178 Å². The van der Waals surface area contributed by atoms with E-state index in [1.165, 1.54) is 30.3 Å². The molecule has 0 heterocycles. The van der Waals surface area contributed by atoms with Crippen molar-refractivity contribution in [3.8, 4) is 11.5 Å². The number of aliphatic hydroxyl groups is 1. The van der Waals surface area contributed by atoms with Crippen molar-refractivity contribution in [3.63, 3.8) is 0 Å². The summed E-state index contributed by atoms with van der Waals surface area (Å²) in [5, 5.41) is 34.7. The van der Waals surface area contributed by atoms with Crippen LogP contribution < -0.4 is 10.6 Å². The standard InChI is InChI=1S/C22H27F3N2O4/c1-14(26-13-20(30)15-6-11-18(28)19(29)12-15)4-2-3-5-21(31)27-17-9-7-16(8-10-17)22(23,24)25/h6-12,14,20,26,28-30H,2-5,13H2,1H3,(H,27,31)/t14?,20-/m1/s1. The predicted octanol–water partition coefficient (Wildman–Crippen LogP) is 4.33. The Morgan fingerprint density at radius 3 is 2.32 bits per heavy atom. The number of carbonyl (C=O) groups is 1. The summed E-state index contributed by atoms with van der Waals surface area (Å²) in [7, 11) is 0. The summed E-state index contributed by atoms with van der Waals surface area (Å²) < 4.78 is 37.6. The number of carbonyl (C=O) groups excluding carboxylic acids is 1. The van der Waals surface area contributed by atoms with E-state index >= 15 is 0 Å². The number of halogens is 3. The van der Waals surface area contributed by atoms with Crippen LogP contribution in [0.25, 0.3) is 0 Å². The SMILES string of the molecule is CC(CCCCC(=O)Nc1ccc(C(F)(F)F)cc1)NC[C@@H](O)c1ccc(O)c(O)c1. The van der Waals surface area contributed by atoms with Crippen LogP contribution in [0.3, 0.4) is 0 Å². The van der Waals surface area contributed by atoms with Gasteiger partial charge in [0.15, 0.2) is 11.5 Å². The molecule has 0 bridgehead atoms. The molecule has 1 amide bonds. The summed E-state index contributed by atoms with van der Waals surface area (Å²) in [4.78, 5) is 11.9. The van der Waals surface area contributed by atoms with Gasteiger partial charge < -0.3 is 26.0 Å². The lowest BCUT2D eigenvalue weighted by molar-refractivity contribution is -0.137. The van der Waals surface area contributed by atoms with E-state index in [2.05, 4.69) is 10.6 Å². The molecule has 9 heteroatoms. The van der Waals surface area contributed by atoms with Crippen molar-refractivity contribution in [2.45, 2.75) is 50.9 Å². The summed E-state index contributed by atoms with van der Waals surface area (Å²) in [6, 6.07) is 8.54. The van der Waals surface area contributed by atoms with Gasteiger partial charge in [-0.25, -0.2) is 0 Å². The molecule has 170 valence electrons. The minimum absolute atomic E-state index is 0.0818. The average molecular weight is 440 g/mol. The third-order valence-corrected chi connectivity index (χ3v) is 4.83. The van der Waals surface area contributed by atoms with Crippen molar-refractivity contribution in [3.05, 3.63) is 53.6 Å². The molecule has 1 unspecified atom stereocenters. The summed E-state index contributed by atoms with van der Waals surface area (Å²) in [6.07, 6.45) is -2.86. The number of unbranched alkanes of at least 4 members (excludes halogenated alkanes) is 1. The minimum atomic E-state index is -4.41. The van der Waals surface area contributed by atoms with Gasteiger partial charge in [-0.15, -0.1) is 0 Å². The zero-order valence-corrected chi connectivity index (χ0v) is 17.1. The third kappa shape index (κ3) is 8.10. The first kappa shape index (κ1) is 24.5. The minimum Gasteiger partial charge on any atom is -0.504 e. The van der Waals surface area contributed by atoms with Crippen molar-refractivity contribution in [1.82, 2.24) is 5.32 Å². The van der Waals surface area contributed by atoms with Crippen LogP contribution in [-0.2, 0) is 11.0 Å². The van der Waals surface area contributed by atoms with Crippen molar-refractivity contribution in [2.75, 3.05) is 11.9 Å². The molecule has 0 aliphatic rings. The highest BCUT2D eigenvalue weighted by molar-refractivity contribution is 5.90. The number of anilines is 1. The number of rotatable bonds is 10. The molecule has 6 nitrogen and oxygen atoms in total. The van der Waals surface area contributed by atoms with Gasteiger partial charge in [-0.2, -0.15) is 13.2 Å². The number of hydrogen-bond donors (Lipinski definition) is 5. The lowest BCUT2D eigenvalue weighted by Crippen LogP contribution is -2.30. The number of alkyl halides is 3. The first-order valence-electron chi connectivity index (χ1n) is 9.96. The second kappa shape index (κ2) is 11.0. The Hall–Kier alpha value is -2.78. The number of aromatic hydroxyl groups is 2. The second-order valence-electron chi connectivity index (χ2n) is 7.44. The van der Waals surface area contributed by atoms with Crippen LogP contribution in [0.2, 0.25) is 0 Å². The Morgan fingerprint density at radius 1 is 1.03 bits per heavy atom. The molecule has 0 saturated carbocycles. The van der Waals surface area contributed by atoms with E-state index in [-0.39, 0.29) is 36.4 Å². The molecule has 0 aliphatic heterocycles. The molecule has 31 heavy (non-hydrogen) atoms. The number of benzene rings is 2. The number of phenolic OH excluding ortho intramolecular Hbond substituents is 2. The number of phenols is 2.